The molecule has 1 aromatic rings. The molecule has 0 aromatic heterocycles. The highest BCUT2D eigenvalue weighted by Crippen LogP contribution is 2.46. The van der Waals surface area contributed by atoms with E-state index in [1.807, 2.05) is 0 Å². The van der Waals surface area contributed by atoms with Crippen LogP contribution in [0.15, 0.2) is 30.3 Å². The SMILES string of the molecule is CCC[C@@H](C[C@@H]1CC[C@H]([C@@H](C)[C@H](O[Si](CC)(CC)CC)[C@H](C)[C@@H]2CC[C@H]([C@@H]3O[C@H]3C(C)(C)O[Si](CC)(CC)CC)O2)O1)OCc1ccccc1. The van der Waals surface area contributed by atoms with Gasteiger partial charge in [0.15, 0.2) is 16.6 Å². The molecule has 0 spiro atoms. The Morgan fingerprint density at radius 1 is 0.740 bits per heavy atom. The van der Waals surface area contributed by atoms with Gasteiger partial charge in [0.2, 0.25) is 0 Å². The van der Waals surface area contributed by atoms with Crippen LogP contribution in [-0.4, -0.2) is 71.1 Å². The largest absolute Gasteiger partial charge is 0.413 e. The highest BCUT2D eigenvalue weighted by molar-refractivity contribution is 6.74. The highest BCUT2D eigenvalue weighted by Gasteiger charge is 2.58. The van der Waals surface area contributed by atoms with Crippen molar-refractivity contribution in [3.05, 3.63) is 35.9 Å². The highest BCUT2D eigenvalue weighted by atomic mass is 28.4. The van der Waals surface area contributed by atoms with E-state index in [4.69, 9.17) is 27.8 Å². The van der Waals surface area contributed by atoms with Crippen molar-refractivity contribution < 1.29 is 27.8 Å². The van der Waals surface area contributed by atoms with Crippen molar-refractivity contribution in [2.24, 2.45) is 11.8 Å². The molecule has 0 unspecified atom stereocenters. The van der Waals surface area contributed by atoms with E-state index in [9.17, 15) is 0 Å². The number of hydrogen-bond acceptors (Lipinski definition) is 6. The molecule has 0 aliphatic carbocycles. The average molecular weight is 733 g/mol. The molecule has 0 radical (unpaired) electrons. The minimum atomic E-state index is -1.87. The van der Waals surface area contributed by atoms with Crippen LogP contribution in [-0.2, 0) is 34.4 Å². The molecular weight excluding hydrogens is 657 g/mol. The van der Waals surface area contributed by atoms with Crippen molar-refractivity contribution >= 4 is 16.6 Å². The molecule has 3 fully saturated rings. The van der Waals surface area contributed by atoms with E-state index < -0.39 is 16.6 Å². The van der Waals surface area contributed by atoms with Crippen LogP contribution in [0.3, 0.4) is 0 Å². The molecule has 3 saturated heterocycles. The zero-order chi connectivity index (χ0) is 36.5. The zero-order valence-electron chi connectivity index (χ0n) is 34.0. The van der Waals surface area contributed by atoms with Gasteiger partial charge in [-0.15, -0.1) is 0 Å². The molecule has 3 aliphatic rings. The van der Waals surface area contributed by atoms with E-state index in [2.05, 4.69) is 106 Å². The summed E-state index contributed by atoms with van der Waals surface area (Å²) in [7, 11) is -3.61. The van der Waals surface area contributed by atoms with Crippen LogP contribution < -0.4 is 0 Å². The Balaban J connectivity index is 1.40. The molecule has 8 heteroatoms. The maximum absolute atomic E-state index is 7.46. The van der Waals surface area contributed by atoms with E-state index in [1.54, 1.807) is 0 Å². The summed E-state index contributed by atoms with van der Waals surface area (Å²) in [5.41, 5.74) is 0.960. The number of rotatable bonds is 23. The van der Waals surface area contributed by atoms with Gasteiger partial charge in [0.1, 0.15) is 12.2 Å². The summed E-state index contributed by atoms with van der Waals surface area (Å²) in [6, 6.07) is 17.5. The molecule has 6 nitrogen and oxygen atoms in total. The Hall–Kier alpha value is -0.586. The Labute approximate surface area is 309 Å². The quantitative estimate of drug-likeness (QED) is 0.0825. The van der Waals surface area contributed by atoms with Crippen LogP contribution in [0.1, 0.15) is 127 Å². The van der Waals surface area contributed by atoms with E-state index in [0.29, 0.717) is 12.5 Å². The van der Waals surface area contributed by atoms with Crippen molar-refractivity contribution in [1.29, 1.82) is 0 Å². The Morgan fingerprint density at radius 3 is 1.90 bits per heavy atom. The van der Waals surface area contributed by atoms with Crippen LogP contribution in [0.25, 0.3) is 0 Å². The lowest BCUT2D eigenvalue weighted by atomic mass is 9.84. The van der Waals surface area contributed by atoms with Crippen LogP contribution in [0.5, 0.6) is 0 Å². The van der Waals surface area contributed by atoms with Crippen LogP contribution >= 0.6 is 0 Å². The maximum Gasteiger partial charge on any atom is 0.192 e. The van der Waals surface area contributed by atoms with Crippen molar-refractivity contribution in [3.8, 4) is 0 Å². The first kappa shape index (κ1) is 42.2. The first-order valence-corrected chi connectivity index (χ1v) is 26.0. The molecule has 3 heterocycles. The molecule has 0 saturated carbocycles. The summed E-state index contributed by atoms with van der Waals surface area (Å²) in [5.74, 6) is 0.592. The lowest BCUT2D eigenvalue weighted by molar-refractivity contribution is -0.0829. The lowest BCUT2D eigenvalue weighted by Crippen LogP contribution is -2.49. The predicted octanol–water partition coefficient (Wildman–Crippen LogP) is 11.1. The Bertz CT molecular complexity index is 1090. The van der Waals surface area contributed by atoms with E-state index in [0.717, 1.165) is 81.2 Å². The normalized spacial score (nSPS) is 28.5. The Morgan fingerprint density at radius 2 is 1.32 bits per heavy atom. The molecule has 1 aromatic carbocycles. The molecular formula is C42H76O6Si2. The summed E-state index contributed by atoms with van der Waals surface area (Å²) in [5, 5.41) is 0. The second-order valence-corrected chi connectivity index (χ2v) is 26.0. The standard InChI is InChI=1S/C42H76O6Si2/c1-12-22-34(43-30-33-23-20-19-21-24-33)29-35-25-26-36(44-35)31(8)39(47-49(13-2,14-3)15-4)32(9)37-27-28-38(45-37)40-41(46-40)42(10,11)48-50(16-5,17-6)18-7/h19-21,23-24,31-32,34-41H,12-18,22,25-30H2,1-11H3/t31-,32-,34+,35+,36-,37+,38-,39+,40+,41-/m1/s1. The molecule has 288 valence electrons. The maximum atomic E-state index is 7.46. The van der Waals surface area contributed by atoms with E-state index in [-0.39, 0.29) is 60.4 Å². The second kappa shape index (κ2) is 19.1. The molecule has 0 N–H and O–H groups in total. The van der Waals surface area contributed by atoms with Gasteiger partial charge in [0.25, 0.3) is 0 Å². The lowest BCUT2D eigenvalue weighted by Gasteiger charge is -2.42. The van der Waals surface area contributed by atoms with Crippen LogP contribution in [0.4, 0.5) is 0 Å². The third-order valence-electron chi connectivity index (χ3n) is 13.2. The monoisotopic (exact) mass is 733 g/mol. The fraction of sp³-hybridized carbons (Fsp3) is 0.857. The topological polar surface area (TPSA) is 58.7 Å². The predicted molar refractivity (Wildman–Crippen MR) is 212 cm³/mol. The van der Waals surface area contributed by atoms with E-state index >= 15 is 0 Å². The van der Waals surface area contributed by atoms with Crippen molar-refractivity contribution in [1.82, 2.24) is 0 Å². The first-order valence-electron chi connectivity index (χ1n) is 20.9. The molecule has 3 aliphatic heterocycles. The van der Waals surface area contributed by atoms with Crippen LogP contribution in [0.2, 0.25) is 36.3 Å². The minimum Gasteiger partial charge on any atom is -0.413 e. The third-order valence-corrected chi connectivity index (χ3v) is 22.7. The number of hydrogen-bond donors (Lipinski definition) is 0. The van der Waals surface area contributed by atoms with Gasteiger partial charge in [-0.05, 0) is 94.2 Å². The van der Waals surface area contributed by atoms with Crippen LogP contribution in [0, 0.1) is 11.8 Å². The van der Waals surface area contributed by atoms with Gasteiger partial charge in [-0.1, -0.05) is 99.1 Å². The summed E-state index contributed by atoms with van der Waals surface area (Å²) >= 11 is 0. The van der Waals surface area contributed by atoms with Gasteiger partial charge in [0.05, 0.1) is 48.8 Å². The first-order chi connectivity index (χ1) is 23.9. The van der Waals surface area contributed by atoms with Gasteiger partial charge in [-0.2, -0.15) is 0 Å². The number of benzene rings is 1. The number of epoxide rings is 1. The van der Waals surface area contributed by atoms with Crippen molar-refractivity contribution in [2.45, 2.75) is 218 Å². The van der Waals surface area contributed by atoms with Crippen molar-refractivity contribution in [3.63, 3.8) is 0 Å². The summed E-state index contributed by atoms with van der Waals surface area (Å²) in [6.45, 7) is 26.2. The summed E-state index contributed by atoms with van der Waals surface area (Å²) in [4.78, 5) is 0. The summed E-state index contributed by atoms with van der Waals surface area (Å²) in [6.07, 6.45) is 8.80. The number of ether oxygens (including phenoxy) is 4. The fourth-order valence-corrected chi connectivity index (χ4v) is 15.4. The fourth-order valence-electron chi connectivity index (χ4n) is 9.24. The van der Waals surface area contributed by atoms with Gasteiger partial charge in [0, 0.05) is 11.8 Å². The van der Waals surface area contributed by atoms with Crippen molar-refractivity contribution in [2.75, 3.05) is 0 Å². The molecule has 4 rings (SSSR count). The van der Waals surface area contributed by atoms with Gasteiger partial charge < -0.3 is 27.8 Å². The molecule has 0 amide bonds. The third kappa shape index (κ3) is 10.5. The smallest absolute Gasteiger partial charge is 0.192 e. The molecule has 10 atom stereocenters. The summed E-state index contributed by atoms with van der Waals surface area (Å²) < 4.78 is 41.2. The molecule has 50 heavy (non-hydrogen) atoms. The average Bonchev–Trinajstić information content (AvgIpc) is 3.57. The minimum absolute atomic E-state index is 0.112. The second-order valence-electron chi connectivity index (χ2n) is 16.6. The molecule has 0 bridgehead atoms. The van der Waals surface area contributed by atoms with Gasteiger partial charge in [-0.3, -0.25) is 0 Å². The van der Waals surface area contributed by atoms with Gasteiger partial charge >= 0.3 is 0 Å². The Kier molecular flexibility index (Phi) is 16.1. The van der Waals surface area contributed by atoms with E-state index in [1.165, 1.54) is 5.56 Å². The zero-order valence-corrected chi connectivity index (χ0v) is 36.0. The van der Waals surface area contributed by atoms with Gasteiger partial charge in [-0.25, -0.2) is 0 Å².